The Morgan fingerprint density at radius 2 is 1.62 bits per heavy atom. The molecule has 0 saturated heterocycles. The second-order valence-corrected chi connectivity index (χ2v) is 6.14. The lowest BCUT2D eigenvalue weighted by molar-refractivity contribution is 0.0649. The van der Waals surface area contributed by atoms with E-state index in [-0.39, 0.29) is 11.8 Å². The molecule has 0 fully saturated rings. The van der Waals surface area contributed by atoms with Crippen molar-refractivity contribution in [1.82, 2.24) is 4.90 Å². The molecule has 2 amide bonds. The number of hydrogen-bond donors (Lipinski definition) is 0. The number of rotatable bonds is 6. The zero-order valence-electron chi connectivity index (χ0n) is 14.3. The number of fused-ring (bicyclic) bond motifs is 2. The van der Waals surface area contributed by atoms with Crippen LogP contribution in [0, 0.1) is 0 Å². The molecule has 0 aliphatic carbocycles. The standard InChI is InChI=1S/C20H19NO5/c22-19-14-6-1-2-7-15(14)20(23)21(19)10-3-4-11-24-16-8-5-9-17-18(16)26-13-12-25-17/h1-2,5-9H,3-4,10-13H2. The molecule has 26 heavy (non-hydrogen) atoms. The van der Waals surface area contributed by atoms with Gasteiger partial charge in [0.25, 0.3) is 11.8 Å². The lowest BCUT2D eigenvalue weighted by Gasteiger charge is -2.21. The molecule has 0 radical (unpaired) electrons. The van der Waals surface area contributed by atoms with Crippen molar-refractivity contribution in [3.63, 3.8) is 0 Å². The molecule has 0 saturated carbocycles. The molecular weight excluding hydrogens is 334 g/mol. The number of carbonyl (C=O) groups excluding carboxylic acids is 2. The van der Waals surface area contributed by atoms with E-state index >= 15 is 0 Å². The number of amides is 2. The Hall–Kier alpha value is -3.02. The van der Waals surface area contributed by atoms with Crippen molar-refractivity contribution in [2.24, 2.45) is 0 Å². The van der Waals surface area contributed by atoms with Crippen LogP contribution in [0.15, 0.2) is 42.5 Å². The normalized spacial score (nSPS) is 15.2. The van der Waals surface area contributed by atoms with Gasteiger partial charge in [-0.15, -0.1) is 0 Å². The average Bonchev–Trinajstić information content (AvgIpc) is 2.93. The van der Waals surface area contributed by atoms with Crippen LogP contribution in [0.2, 0.25) is 0 Å². The number of carbonyl (C=O) groups is 2. The highest BCUT2D eigenvalue weighted by atomic mass is 16.6. The summed E-state index contributed by atoms with van der Waals surface area (Å²) in [5.41, 5.74) is 0.976. The topological polar surface area (TPSA) is 65.1 Å². The molecule has 6 nitrogen and oxygen atoms in total. The Morgan fingerprint density at radius 3 is 2.38 bits per heavy atom. The summed E-state index contributed by atoms with van der Waals surface area (Å²) in [5, 5.41) is 0. The Labute approximate surface area is 151 Å². The van der Waals surface area contributed by atoms with Crippen LogP contribution < -0.4 is 14.2 Å². The Bertz CT molecular complexity index is 813. The van der Waals surface area contributed by atoms with E-state index in [1.807, 2.05) is 18.2 Å². The predicted molar refractivity (Wildman–Crippen MR) is 94.0 cm³/mol. The quantitative estimate of drug-likeness (QED) is 0.590. The molecule has 0 unspecified atom stereocenters. The third-order valence-electron chi connectivity index (χ3n) is 4.44. The fourth-order valence-corrected chi connectivity index (χ4v) is 3.16. The molecule has 2 aliphatic heterocycles. The first-order chi connectivity index (χ1) is 12.8. The van der Waals surface area contributed by atoms with Gasteiger partial charge in [-0.25, -0.2) is 0 Å². The summed E-state index contributed by atoms with van der Waals surface area (Å²) in [6.45, 7) is 1.91. The van der Waals surface area contributed by atoms with Crippen molar-refractivity contribution in [2.75, 3.05) is 26.4 Å². The van der Waals surface area contributed by atoms with Crippen molar-refractivity contribution >= 4 is 11.8 Å². The van der Waals surface area contributed by atoms with E-state index < -0.39 is 0 Å². The van der Waals surface area contributed by atoms with Gasteiger partial charge in [-0.1, -0.05) is 18.2 Å². The monoisotopic (exact) mass is 353 g/mol. The van der Waals surface area contributed by atoms with Gasteiger partial charge in [0.05, 0.1) is 17.7 Å². The summed E-state index contributed by atoms with van der Waals surface area (Å²) in [7, 11) is 0. The maximum Gasteiger partial charge on any atom is 0.261 e. The van der Waals surface area contributed by atoms with Crippen molar-refractivity contribution in [3.8, 4) is 17.2 Å². The van der Waals surface area contributed by atoms with Crippen molar-refractivity contribution < 1.29 is 23.8 Å². The third kappa shape index (κ3) is 2.98. The van der Waals surface area contributed by atoms with E-state index in [1.54, 1.807) is 24.3 Å². The average molecular weight is 353 g/mol. The van der Waals surface area contributed by atoms with E-state index in [1.165, 1.54) is 4.90 Å². The lowest BCUT2D eigenvalue weighted by atomic mass is 10.1. The minimum absolute atomic E-state index is 0.214. The van der Waals surface area contributed by atoms with Gasteiger partial charge in [-0.2, -0.15) is 0 Å². The smallest absolute Gasteiger partial charge is 0.261 e. The Balaban J connectivity index is 1.28. The summed E-state index contributed by atoms with van der Waals surface area (Å²) >= 11 is 0. The zero-order chi connectivity index (χ0) is 17.9. The number of unbranched alkanes of at least 4 members (excludes halogenated alkanes) is 1. The van der Waals surface area contributed by atoms with E-state index in [0.29, 0.717) is 61.2 Å². The zero-order valence-corrected chi connectivity index (χ0v) is 14.3. The molecule has 2 heterocycles. The summed E-state index contributed by atoms with van der Waals surface area (Å²) < 4.78 is 16.9. The molecule has 4 rings (SSSR count). The van der Waals surface area contributed by atoms with Gasteiger partial charge in [0, 0.05) is 6.54 Å². The first kappa shape index (κ1) is 16.4. The van der Waals surface area contributed by atoms with E-state index in [9.17, 15) is 9.59 Å². The molecule has 0 aromatic heterocycles. The molecule has 2 aromatic carbocycles. The number of imide groups is 1. The molecule has 0 atom stereocenters. The Morgan fingerprint density at radius 1 is 0.885 bits per heavy atom. The second-order valence-electron chi connectivity index (χ2n) is 6.14. The molecule has 6 heteroatoms. The van der Waals surface area contributed by atoms with Crippen molar-refractivity contribution in [2.45, 2.75) is 12.8 Å². The molecule has 0 spiro atoms. The number of ether oxygens (including phenoxy) is 3. The maximum atomic E-state index is 12.3. The first-order valence-corrected chi connectivity index (χ1v) is 8.72. The van der Waals surface area contributed by atoms with Crippen LogP contribution in [-0.4, -0.2) is 43.1 Å². The lowest BCUT2D eigenvalue weighted by Crippen LogP contribution is -2.30. The number of benzene rings is 2. The molecule has 0 bridgehead atoms. The van der Waals surface area contributed by atoms with Gasteiger partial charge in [0.2, 0.25) is 5.75 Å². The highest BCUT2D eigenvalue weighted by Crippen LogP contribution is 2.39. The highest BCUT2D eigenvalue weighted by molar-refractivity contribution is 6.21. The van der Waals surface area contributed by atoms with Crippen LogP contribution in [-0.2, 0) is 0 Å². The van der Waals surface area contributed by atoms with Crippen LogP contribution >= 0.6 is 0 Å². The minimum atomic E-state index is -0.214. The van der Waals surface area contributed by atoms with Crippen molar-refractivity contribution in [1.29, 1.82) is 0 Å². The maximum absolute atomic E-state index is 12.3. The van der Waals surface area contributed by atoms with Crippen LogP contribution in [0.5, 0.6) is 17.2 Å². The number of nitrogens with zero attached hydrogens (tertiary/aromatic N) is 1. The van der Waals surface area contributed by atoms with Gasteiger partial charge in [0.15, 0.2) is 11.5 Å². The van der Waals surface area contributed by atoms with E-state index in [2.05, 4.69) is 0 Å². The predicted octanol–water partition coefficient (Wildman–Crippen LogP) is 2.91. The van der Waals surface area contributed by atoms with E-state index in [0.717, 1.165) is 6.42 Å². The fraction of sp³-hybridized carbons (Fsp3) is 0.300. The molecule has 0 N–H and O–H groups in total. The Kier molecular flexibility index (Phi) is 4.48. The number of hydrogen-bond acceptors (Lipinski definition) is 5. The molecule has 134 valence electrons. The van der Waals surface area contributed by atoms with Gasteiger partial charge >= 0.3 is 0 Å². The summed E-state index contributed by atoms with van der Waals surface area (Å²) in [6.07, 6.45) is 1.40. The van der Waals surface area contributed by atoms with Crippen LogP contribution in [0.4, 0.5) is 0 Å². The number of para-hydroxylation sites is 1. The van der Waals surface area contributed by atoms with Gasteiger partial charge in [-0.3, -0.25) is 14.5 Å². The fourth-order valence-electron chi connectivity index (χ4n) is 3.16. The van der Waals surface area contributed by atoms with E-state index in [4.69, 9.17) is 14.2 Å². The molecule has 2 aromatic rings. The SMILES string of the molecule is O=C1c2ccccc2C(=O)N1CCCCOc1cccc2c1OCCO2. The minimum Gasteiger partial charge on any atom is -0.490 e. The summed E-state index contributed by atoms with van der Waals surface area (Å²) in [6, 6.07) is 12.5. The van der Waals surface area contributed by atoms with Gasteiger partial charge in [-0.05, 0) is 37.1 Å². The first-order valence-electron chi connectivity index (χ1n) is 8.72. The van der Waals surface area contributed by atoms with Crippen LogP contribution in [0.3, 0.4) is 0 Å². The van der Waals surface area contributed by atoms with Crippen LogP contribution in [0.25, 0.3) is 0 Å². The largest absolute Gasteiger partial charge is 0.490 e. The van der Waals surface area contributed by atoms with Crippen molar-refractivity contribution in [3.05, 3.63) is 53.6 Å². The summed E-state index contributed by atoms with van der Waals surface area (Å²) in [5.74, 6) is 1.56. The van der Waals surface area contributed by atoms with Gasteiger partial charge < -0.3 is 14.2 Å². The summed E-state index contributed by atoms with van der Waals surface area (Å²) in [4.78, 5) is 25.9. The highest BCUT2D eigenvalue weighted by Gasteiger charge is 2.34. The molecular formula is C20H19NO5. The van der Waals surface area contributed by atoms with Crippen LogP contribution in [0.1, 0.15) is 33.6 Å². The molecule has 2 aliphatic rings. The second kappa shape index (κ2) is 7.07. The third-order valence-corrected chi connectivity index (χ3v) is 4.44. The van der Waals surface area contributed by atoms with Gasteiger partial charge in [0.1, 0.15) is 13.2 Å².